The zero-order chi connectivity index (χ0) is 15.7. The number of hydrogen-bond acceptors (Lipinski definition) is 6. The Morgan fingerprint density at radius 2 is 1.52 bits per heavy atom. The van der Waals surface area contributed by atoms with Gasteiger partial charge in [-0.3, -0.25) is 0 Å². The Labute approximate surface area is 123 Å². The van der Waals surface area contributed by atoms with E-state index in [0.717, 1.165) is 5.56 Å². The third-order valence-electron chi connectivity index (χ3n) is 2.34. The van der Waals surface area contributed by atoms with Crippen molar-refractivity contribution in [1.29, 1.82) is 0 Å². The number of carbonyl (C=O) groups excluding carboxylic acids is 2. The maximum absolute atomic E-state index is 10.9. The first-order chi connectivity index (χ1) is 9.97. The van der Waals surface area contributed by atoms with E-state index in [-0.39, 0.29) is 0 Å². The molecule has 0 N–H and O–H groups in total. The Balaban J connectivity index is 2.77. The number of rotatable bonds is 6. The number of nitrogens with zero attached hydrogens (tertiary/aromatic N) is 2. The summed E-state index contributed by atoms with van der Waals surface area (Å²) >= 11 is 0. The van der Waals surface area contributed by atoms with Crippen molar-refractivity contribution < 1.29 is 19.3 Å². The van der Waals surface area contributed by atoms with E-state index in [4.69, 9.17) is 0 Å². The quantitative estimate of drug-likeness (QED) is 0.458. The first-order valence-corrected chi connectivity index (χ1v) is 6.45. The van der Waals surface area contributed by atoms with Crippen LogP contribution in [0.1, 0.15) is 32.8 Å². The first kappa shape index (κ1) is 16.6. The van der Waals surface area contributed by atoms with Gasteiger partial charge in [0.25, 0.3) is 0 Å². The van der Waals surface area contributed by atoms with Crippen LogP contribution in [0.3, 0.4) is 0 Å². The normalized spacial score (nSPS) is 12.0. The zero-order valence-electron chi connectivity index (χ0n) is 12.3. The molecule has 112 valence electrons. The highest BCUT2D eigenvalue weighted by atomic mass is 16.7. The lowest BCUT2D eigenvalue weighted by molar-refractivity contribution is -0.141. The number of oxime groups is 2. The molecular weight excluding hydrogens is 272 g/mol. The van der Waals surface area contributed by atoms with Gasteiger partial charge >= 0.3 is 11.9 Å². The van der Waals surface area contributed by atoms with Crippen molar-refractivity contribution in [2.24, 2.45) is 10.3 Å². The fraction of sp³-hybridized carbons (Fsp3) is 0.333. The average Bonchev–Trinajstić information content (AvgIpc) is 2.43. The van der Waals surface area contributed by atoms with Crippen LogP contribution in [0.4, 0.5) is 0 Å². The van der Waals surface area contributed by atoms with E-state index in [1.807, 2.05) is 30.3 Å². The van der Waals surface area contributed by atoms with E-state index >= 15 is 0 Å². The molecule has 0 spiro atoms. The van der Waals surface area contributed by atoms with Gasteiger partial charge in [0.05, 0.1) is 11.4 Å². The summed E-state index contributed by atoms with van der Waals surface area (Å²) < 4.78 is 0. The lowest BCUT2D eigenvalue weighted by Gasteiger charge is -2.05. The van der Waals surface area contributed by atoms with E-state index in [2.05, 4.69) is 20.0 Å². The molecule has 1 aromatic rings. The minimum absolute atomic E-state index is 0.343. The molecule has 0 amide bonds. The molecule has 21 heavy (non-hydrogen) atoms. The topological polar surface area (TPSA) is 77.3 Å². The Morgan fingerprint density at radius 3 is 2.10 bits per heavy atom. The van der Waals surface area contributed by atoms with Crippen molar-refractivity contribution in [3.8, 4) is 0 Å². The molecule has 0 saturated heterocycles. The summed E-state index contributed by atoms with van der Waals surface area (Å²) in [5, 5.41) is 7.51. The average molecular weight is 290 g/mol. The van der Waals surface area contributed by atoms with Crippen LogP contribution in [0.5, 0.6) is 0 Å². The van der Waals surface area contributed by atoms with Gasteiger partial charge in [0, 0.05) is 26.7 Å². The maximum Gasteiger partial charge on any atom is 0.331 e. The summed E-state index contributed by atoms with van der Waals surface area (Å²) in [5.74, 6) is -0.981. The van der Waals surface area contributed by atoms with Crippen molar-refractivity contribution in [1.82, 2.24) is 0 Å². The number of carbonyl (C=O) groups is 2. The second-order valence-corrected chi connectivity index (χ2v) is 4.49. The van der Waals surface area contributed by atoms with Gasteiger partial charge in [-0.15, -0.1) is 0 Å². The smallest absolute Gasteiger partial charge is 0.319 e. The van der Waals surface area contributed by atoms with Crippen molar-refractivity contribution >= 4 is 23.4 Å². The SMILES string of the molecule is CC(=O)ON=C(C)CC(Cc1ccccc1)=NOC(C)=O. The second-order valence-electron chi connectivity index (χ2n) is 4.49. The van der Waals surface area contributed by atoms with E-state index in [0.29, 0.717) is 24.3 Å². The van der Waals surface area contributed by atoms with Gasteiger partial charge in [-0.2, -0.15) is 0 Å². The fourth-order valence-corrected chi connectivity index (χ4v) is 1.56. The molecule has 0 aromatic heterocycles. The van der Waals surface area contributed by atoms with Crippen LogP contribution in [0.2, 0.25) is 0 Å². The summed E-state index contributed by atoms with van der Waals surface area (Å²) in [5.41, 5.74) is 2.21. The zero-order valence-corrected chi connectivity index (χ0v) is 12.3. The van der Waals surface area contributed by atoms with E-state index < -0.39 is 11.9 Å². The second kappa shape index (κ2) is 8.63. The summed E-state index contributed by atoms with van der Waals surface area (Å²) in [6.45, 7) is 4.26. The van der Waals surface area contributed by atoms with Crippen molar-refractivity contribution in [2.45, 2.75) is 33.6 Å². The third-order valence-corrected chi connectivity index (χ3v) is 2.34. The Bertz CT molecular complexity index is 550. The van der Waals surface area contributed by atoms with E-state index in [9.17, 15) is 9.59 Å². The molecule has 1 rings (SSSR count). The Hall–Kier alpha value is -2.50. The minimum Gasteiger partial charge on any atom is -0.319 e. The van der Waals surface area contributed by atoms with Gasteiger partial charge in [-0.05, 0) is 12.5 Å². The van der Waals surface area contributed by atoms with Gasteiger partial charge in [-0.25, -0.2) is 9.59 Å². The Morgan fingerprint density at radius 1 is 0.952 bits per heavy atom. The van der Waals surface area contributed by atoms with E-state index in [1.165, 1.54) is 13.8 Å². The highest BCUT2D eigenvalue weighted by Gasteiger charge is 2.07. The summed E-state index contributed by atoms with van der Waals surface area (Å²) in [6, 6.07) is 9.64. The molecule has 6 nitrogen and oxygen atoms in total. The van der Waals surface area contributed by atoms with Crippen molar-refractivity contribution in [3.05, 3.63) is 35.9 Å². The van der Waals surface area contributed by atoms with Gasteiger partial charge < -0.3 is 9.68 Å². The fourth-order valence-electron chi connectivity index (χ4n) is 1.56. The predicted molar refractivity (Wildman–Crippen MR) is 78.8 cm³/mol. The molecule has 0 atom stereocenters. The highest BCUT2D eigenvalue weighted by molar-refractivity contribution is 6.04. The van der Waals surface area contributed by atoms with Crippen LogP contribution in [0.15, 0.2) is 40.6 Å². The molecule has 0 radical (unpaired) electrons. The van der Waals surface area contributed by atoms with Crippen LogP contribution in [-0.2, 0) is 25.7 Å². The minimum atomic E-state index is -0.491. The van der Waals surface area contributed by atoms with Crippen LogP contribution < -0.4 is 0 Å². The van der Waals surface area contributed by atoms with Crippen LogP contribution >= 0.6 is 0 Å². The molecule has 0 heterocycles. The standard InChI is InChI=1S/C15H18N2O4/c1-11(16-20-12(2)18)9-15(17-21-13(3)19)10-14-7-5-4-6-8-14/h4-8H,9-10H2,1-3H3. The number of hydrogen-bond donors (Lipinski definition) is 0. The molecule has 0 bridgehead atoms. The van der Waals surface area contributed by atoms with E-state index in [1.54, 1.807) is 6.92 Å². The monoisotopic (exact) mass is 290 g/mol. The molecule has 0 saturated carbocycles. The molecule has 0 fully saturated rings. The largest absolute Gasteiger partial charge is 0.331 e. The molecule has 6 heteroatoms. The summed E-state index contributed by atoms with van der Waals surface area (Å²) in [7, 11) is 0. The predicted octanol–water partition coefficient (Wildman–Crippen LogP) is 2.48. The lowest BCUT2D eigenvalue weighted by atomic mass is 10.0. The van der Waals surface area contributed by atoms with Gasteiger partial charge in [0.1, 0.15) is 0 Å². The van der Waals surface area contributed by atoms with Crippen LogP contribution in [0, 0.1) is 0 Å². The lowest BCUT2D eigenvalue weighted by Crippen LogP contribution is -2.11. The molecule has 1 aromatic carbocycles. The van der Waals surface area contributed by atoms with Crippen LogP contribution in [0.25, 0.3) is 0 Å². The molecule has 0 aliphatic rings. The van der Waals surface area contributed by atoms with Gasteiger partial charge in [0.2, 0.25) is 0 Å². The first-order valence-electron chi connectivity index (χ1n) is 6.45. The van der Waals surface area contributed by atoms with Crippen molar-refractivity contribution in [3.63, 3.8) is 0 Å². The molecule has 0 aliphatic heterocycles. The van der Waals surface area contributed by atoms with Crippen LogP contribution in [-0.4, -0.2) is 23.4 Å². The summed E-state index contributed by atoms with van der Waals surface area (Å²) in [4.78, 5) is 30.8. The third kappa shape index (κ3) is 7.61. The maximum atomic E-state index is 10.9. The molecule has 0 unspecified atom stereocenters. The van der Waals surface area contributed by atoms with Gasteiger partial charge in [-0.1, -0.05) is 40.6 Å². The molecule has 0 aliphatic carbocycles. The summed E-state index contributed by atoms with van der Waals surface area (Å²) in [6.07, 6.45) is 0.858. The molecular formula is C15H18N2O4. The van der Waals surface area contributed by atoms with Crippen molar-refractivity contribution in [2.75, 3.05) is 0 Å². The number of benzene rings is 1. The highest BCUT2D eigenvalue weighted by Crippen LogP contribution is 2.05. The van der Waals surface area contributed by atoms with Gasteiger partial charge in [0.15, 0.2) is 0 Å². The Kier molecular flexibility index (Phi) is 6.80.